The lowest BCUT2D eigenvalue weighted by molar-refractivity contribution is 0.1000. The zero-order valence-corrected chi connectivity index (χ0v) is 10.2. The molecule has 6 heteroatoms. The van der Waals surface area contributed by atoms with Crippen LogP contribution in [-0.4, -0.2) is 41.6 Å². The lowest BCUT2D eigenvalue weighted by Crippen LogP contribution is -2.36. The Kier molecular flexibility index (Phi) is 5.13. The third-order valence-corrected chi connectivity index (χ3v) is 2.44. The van der Waals surface area contributed by atoms with E-state index in [0.717, 1.165) is 0 Å². The highest BCUT2D eigenvalue weighted by atomic mass is 16.3. The molecular weight excluding hydrogens is 234 g/mol. The summed E-state index contributed by atoms with van der Waals surface area (Å²) in [7, 11) is 0. The molecule has 0 unspecified atom stereocenters. The van der Waals surface area contributed by atoms with Crippen molar-refractivity contribution >= 4 is 17.6 Å². The van der Waals surface area contributed by atoms with E-state index >= 15 is 0 Å². The molecule has 0 aliphatic rings. The van der Waals surface area contributed by atoms with Crippen molar-refractivity contribution in [3.8, 4) is 0 Å². The van der Waals surface area contributed by atoms with Crippen molar-refractivity contribution in [3.63, 3.8) is 0 Å². The minimum absolute atomic E-state index is 0.0947. The SMILES string of the molecule is CCN(CCO)C(=O)Nc1cccc(C(N)=O)c1. The van der Waals surface area contributed by atoms with Crippen LogP contribution >= 0.6 is 0 Å². The van der Waals surface area contributed by atoms with E-state index in [-0.39, 0.29) is 19.2 Å². The normalized spacial score (nSPS) is 9.89. The molecule has 98 valence electrons. The van der Waals surface area contributed by atoms with Gasteiger partial charge in [-0.1, -0.05) is 6.07 Å². The van der Waals surface area contributed by atoms with Crippen molar-refractivity contribution in [3.05, 3.63) is 29.8 Å². The van der Waals surface area contributed by atoms with E-state index in [1.165, 1.54) is 11.0 Å². The molecule has 1 aromatic rings. The molecule has 0 bridgehead atoms. The molecular formula is C12H17N3O3. The van der Waals surface area contributed by atoms with Crippen LogP contribution < -0.4 is 11.1 Å². The molecule has 0 aliphatic heterocycles. The van der Waals surface area contributed by atoms with Gasteiger partial charge in [0.25, 0.3) is 0 Å². The Morgan fingerprint density at radius 1 is 1.44 bits per heavy atom. The standard InChI is InChI=1S/C12H17N3O3/c1-2-15(6-7-16)12(18)14-10-5-3-4-9(8-10)11(13)17/h3-5,8,16H,2,6-7H2,1H3,(H2,13,17)(H,14,18). The van der Waals surface area contributed by atoms with Gasteiger partial charge in [-0.15, -0.1) is 0 Å². The number of anilines is 1. The van der Waals surface area contributed by atoms with Crippen molar-refractivity contribution in [2.24, 2.45) is 5.73 Å². The van der Waals surface area contributed by atoms with Gasteiger partial charge in [-0.3, -0.25) is 4.79 Å². The van der Waals surface area contributed by atoms with Crippen LogP contribution in [-0.2, 0) is 0 Å². The molecule has 0 heterocycles. The summed E-state index contributed by atoms with van der Waals surface area (Å²) >= 11 is 0. The smallest absolute Gasteiger partial charge is 0.321 e. The first-order valence-electron chi connectivity index (χ1n) is 5.65. The maximum absolute atomic E-state index is 11.8. The van der Waals surface area contributed by atoms with Crippen LogP contribution in [0, 0.1) is 0 Å². The van der Waals surface area contributed by atoms with Crippen molar-refractivity contribution in [2.75, 3.05) is 25.0 Å². The van der Waals surface area contributed by atoms with Crippen molar-refractivity contribution in [1.82, 2.24) is 4.90 Å². The topological polar surface area (TPSA) is 95.7 Å². The third-order valence-electron chi connectivity index (χ3n) is 2.44. The predicted molar refractivity (Wildman–Crippen MR) is 68.3 cm³/mol. The van der Waals surface area contributed by atoms with Gasteiger partial charge in [0.2, 0.25) is 5.91 Å². The zero-order chi connectivity index (χ0) is 13.5. The molecule has 0 fully saturated rings. The van der Waals surface area contributed by atoms with E-state index in [1.54, 1.807) is 18.2 Å². The van der Waals surface area contributed by atoms with Crippen LogP contribution in [0.1, 0.15) is 17.3 Å². The number of urea groups is 1. The Hall–Kier alpha value is -2.08. The molecule has 18 heavy (non-hydrogen) atoms. The van der Waals surface area contributed by atoms with Crippen LogP contribution in [0.3, 0.4) is 0 Å². The number of nitrogens with one attached hydrogen (secondary N) is 1. The number of hydrogen-bond donors (Lipinski definition) is 3. The Morgan fingerprint density at radius 3 is 2.72 bits per heavy atom. The number of amides is 3. The average Bonchev–Trinajstić information content (AvgIpc) is 2.36. The van der Waals surface area contributed by atoms with Gasteiger partial charge >= 0.3 is 6.03 Å². The number of rotatable bonds is 5. The molecule has 0 radical (unpaired) electrons. The Bertz CT molecular complexity index is 434. The fourth-order valence-electron chi connectivity index (χ4n) is 1.48. The fourth-order valence-corrected chi connectivity index (χ4v) is 1.48. The van der Waals surface area contributed by atoms with E-state index in [2.05, 4.69) is 5.32 Å². The van der Waals surface area contributed by atoms with E-state index in [1.807, 2.05) is 6.92 Å². The van der Waals surface area contributed by atoms with Crippen LogP contribution in [0.2, 0.25) is 0 Å². The molecule has 0 atom stereocenters. The van der Waals surface area contributed by atoms with Crippen LogP contribution in [0.15, 0.2) is 24.3 Å². The van der Waals surface area contributed by atoms with Gasteiger partial charge in [0.05, 0.1) is 6.61 Å². The minimum atomic E-state index is -0.547. The van der Waals surface area contributed by atoms with Gasteiger partial charge in [-0.05, 0) is 25.1 Å². The summed E-state index contributed by atoms with van der Waals surface area (Å²) in [5.74, 6) is -0.547. The van der Waals surface area contributed by atoms with Crippen LogP contribution in [0.4, 0.5) is 10.5 Å². The first kappa shape index (κ1) is 14.0. The van der Waals surface area contributed by atoms with Crippen molar-refractivity contribution in [1.29, 1.82) is 0 Å². The highest BCUT2D eigenvalue weighted by molar-refractivity contribution is 5.95. The summed E-state index contributed by atoms with van der Waals surface area (Å²) in [5, 5.41) is 11.5. The first-order chi connectivity index (χ1) is 8.58. The molecule has 0 saturated heterocycles. The Balaban J connectivity index is 2.74. The number of aliphatic hydroxyl groups excluding tert-OH is 1. The second-order valence-corrected chi connectivity index (χ2v) is 3.68. The number of likely N-dealkylation sites (N-methyl/N-ethyl adjacent to an activating group) is 1. The van der Waals surface area contributed by atoms with Crippen LogP contribution in [0.25, 0.3) is 0 Å². The summed E-state index contributed by atoms with van der Waals surface area (Å²) in [6.07, 6.45) is 0. The average molecular weight is 251 g/mol. The minimum Gasteiger partial charge on any atom is -0.395 e. The summed E-state index contributed by atoms with van der Waals surface area (Å²) in [6.45, 7) is 2.47. The number of carbonyl (C=O) groups is 2. The number of carbonyl (C=O) groups excluding carboxylic acids is 2. The molecule has 4 N–H and O–H groups in total. The van der Waals surface area contributed by atoms with E-state index in [0.29, 0.717) is 17.8 Å². The van der Waals surface area contributed by atoms with Crippen molar-refractivity contribution < 1.29 is 14.7 Å². The molecule has 0 aliphatic carbocycles. The highest BCUT2D eigenvalue weighted by Crippen LogP contribution is 2.11. The number of nitrogens with zero attached hydrogens (tertiary/aromatic N) is 1. The monoisotopic (exact) mass is 251 g/mol. The van der Waals surface area contributed by atoms with E-state index in [4.69, 9.17) is 10.8 Å². The number of benzene rings is 1. The van der Waals surface area contributed by atoms with E-state index in [9.17, 15) is 9.59 Å². The van der Waals surface area contributed by atoms with Crippen molar-refractivity contribution in [2.45, 2.75) is 6.92 Å². The lowest BCUT2D eigenvalue weighted by Gasteiger charge is -2.20. The molecule has 0 aromatic heterocycles. The zero-order valence-electron chi connectivity index (χ0n) is 10.2. The molecule has 6 nitrogen and oxygen atoms in total. The summed E-state index contributed by atoms with van der Waals surface area (Å²) < 4.78 is 0. The second-order valence-electron chi connectivity index (χ2n) is 3.68. The quantitative estimate of drug-likeness (QED) is 0.716. The Labute approximate surface area is 105 Å². The van der Waals surface area contributed by atoms with Gasteiger partial charge in [0, 0.05) is 24.3 Å². The number of hydrogen-bond acceptors (Lipinski definition) is 3. The van der Waals surface area contributed by atoms with Gasteiger partial charge < -0.3 is 21.1 Å². The second kappa shape index (κ2) is 6.61. The number of primary amides is 1. The third kappa shape index (κ3) is 3.74. The molecule has 1 rings (SSSR count). The highest BCUT2D eigenvalue weighted by Gasteiger charge is 2.11. The maximum Gasteiger partial charge on any atom is 0.321 e. The number of nitrogens with two attached hydrogens (primary N) is 1. The number of aliphatic hydroxyl groups is 1. The van der Waals surface area contributed by atoms with Crippen LogP contribution in [0.5, 0.6) is 0 Å². The predicted octanol–water partition coefficient (Wildman–Crippen LogP) is 0.632. The molecule has 0 saturated carbocycles. The summed E-state index contributed by atoms with van der Waals surface area (Å²) in [6, 6.07) is 6.05. The van der Waals surface area contributed by atoms with E-state index < -0.39 is 5.91 Å². The Morgan fingerprint density at radius 2 is 2.17 bits per heavy atom. The first-order valence-corrected chi connectivity index (χ1v) is 5.65. The largest absolute Gasteiger partial charge is 0.395 e. The molecule has 1 aromatic carbocycles. The van der Waals surface area contributed by atoms with Gasteiger partial charge in [-0.2, -0.15) is 0 Å². The molecule has 3 amide bonds. The fraction of sp³-hybridized carbons (Fsp3) is 0.333. The summed E-state index contributed by atoms with van der Waals surface area (Å²) in [4.78, 5) is 24.3. The van der Waals surface area contributed by atoms with Gasteiger partial charge in [-0.25, -0.2) is 4.79 Å². The lowest BCUT2D eigenvalue weighted by atomic mass is 10.2. The molecule has 0 spiro atoms. The maximum atomic E-state index is 11.8. The van der Waals surface area contributed by atoms with Gasteiger partial charge in [0.1, 0.15) is 0 Å². The summed E-state index contributed by atoms with van der Waals surface area (Å²) in [5.41, 5.74) is 5.98. The van der Waals surface area contributed by atoms with Gasteiger partial charge in [0.15, 0.2) is 0 Å².